The molecule has 2 aromatic rings. The van der Waals surface area contributed by atoms with E-state index in [9.17, 15) is 4.79 Å². The number of anilines is 1. The van der Waals surface area contributed by atoms with Crippen LogP contribution in [0, 0.1) is 6.92 Å². The van der Waals surface area contributed by atoms with Crippen LogP contribution in [0.5, 0.6) is 0 Å². The number of amides is 1. The minimum Gasteiger partial charge on any atom is -0.469 e. The standard InChI is InChI=1S/C12H14N4O3/c1-7-8(4-6-18-7)10(17)14-12-16-15-11(19-12)9-3-2-5-13-9/h4,6,9,13H,2-3,5H2,1H3,(H,14,16,17). The summed E-state index contributed by atoms with van der Waals surface area (Å²) < 4.78 is 10.5. The molecule has 3 rings (SSSR count). The summed E-state index contributed by atoms with van der Waals surface area (Å²) in [4.78, 5) is 11.9. The van der Waals surface area contributed by atoms with E-state index >= 15 is 0 Å². The summed E-state index contributed by atoms with van der Waals surface area (Å²) in [7, 11) is 0. The molecule has 1 amide bonds. The topological polar surface area (TPSA) is 93.2 Å². The molecule has 0 aromatic carbocycles. The molecule has 3 heterocycles. The highest BCUT2D eigenvalue weighted by Gasteiger charge is 2.23. The number of rotatable bonds is 3. The molecule has 0 spiro atoms. The van der Waals surface area contributed by atoms with Gasteiger partial charge in [-0.25, -0.2) is 0 Å². The van der Waals surface area contributed by atoms with E-state index in [1.807, 2.05) is 0 Å². The second kappa shape index (κ2) is 4.85. The minimum atomic E-state index is -0.319. The van der Waals surface area contributed by atoms with Crippen molar-refractivity contribution in [2.75, 3.05) is 11.9 Å². The smallest absolute Gasteiger partial charge is 0.322 e. The van der Waals surface area contributed by atoms with Gasteiger partial charge in [0.05, 0.1) is 17.9 Å². The summed E-state index contributed by atoms with van der Waals surface area (Å²) in [6, 6.07) is 1.80. The van der Waals surface area contributed by atoms with Crippen LogP contribution < -0.4 is 10.6 Å². The Bertz CT molecular complexity index is 583. The number of hydrogen-bond donors (Lipinski definition) is 2. The van der Waals surface area contributed by atoms with Gasteiger partial charge in [0.1, 0.15) is 5.76 Å². The predicted octanol–water partition coefficient (Wildman–Crippen LogP) is 1.65. The van der Waals surface area contributed by atoms with Crippen LogP contribution >= 0.6 is 0 Å². The van der Waals surface area contributed by atoms with Crippen LogP contribution in [0.4, 0.5) is 6.01 Å². The number of nitrogens with zero attached hydrogens (tertiary/aromatic N) is 2. The summed E-state index contributed by atoms with van der Waals surface area (Å²) in [6.07, 6.45) is 3.52. The van der Waals surface area contributed by atoms with Crippen molar-refractivity contribution in [3.05, 3.63) is 29.5 Å². The molecule has 2 N–H and O–H groups in total. The minimum absolute atomic E-state index is 0.0915. The van der Waals surface area contributed by atoms with Gasteiger partial charge in [-0.3, -0.25) is 10.1 Å². The largest absolute Gasteiger partial charge is 0.469 e. The van der Waals surface area contributed by atoms with E-state index in [0.29, 0.717) is 17.2 Å². The maximum absolute atomic E-state index is 11.9. The second-order valence-electron chi connectivity index (χ2n) is 4.44. The summed E-state index contributed by atoms with van der Waals surface area (Å²) in [5, 5.41) is 13.6. The quantitative estimate of drug-likeness (QED) is 0.873. The molecule has 1 aliphatic heterocycles. The van der Waals surface area contributed by atoms with Crippen molar-refractivity contribution in [2.24, 2.45) is 0 Å². The van der Waals surface area contributed by atoms with Crippen molar-refractivity contribution >= 4 is 11.9 Å². The maximum Gasteiger partial charge on any atom is 0.322 e. The van der Waals surface area contributed by atoms with Gasteiger partial charge in [-0.1, -0.05) is 5.10 Å². The van der Waals surface area contributed by atoms with Crippen molar-refractivity contribution in [1.82, 2.24) is 15.5 Å². The van der Waals surface area contributed by atoms with Gasteiger partial charge < -0.3 is 14.2 Å². The van der Waals surface area contributed by atoms with E-state index in [1.165, 1.54) is 6.26 Å². The molecule has 100 valence electrons. The zero-order valence-corrected chi connectivity index (χ0v) is 10.5. The molecule has 0 bridgehead atoms. The fourth-order valence-corrected chi connectivity index (χ4v) is 2.11. The zero-order chi connectivity index (χ0) is 13.2. The summed E-state index contributed by atoms with van der Waals surface area (Å²) in [5.74, 6) is 0.743. The third-order valence-corrected chi connectivity index (χ3v) is 3.12. The van der Waals surface area contributed by atoms with Gasteiger partial charge >= 0.3 is 6.01 Å². The normalized spacial score (nSPS) is 18.7. The van der Waals surface area contributed by atoms with E-state index in [1.54, 1.807) is 13.0 Å². The summed E-state index contributed by atoms with van der Waals surface area (Å²) in [5.41, 5.74) is 0.457. The lowest BCUT2D eigenvalue weighted by molar-refractivity contribution is 0.102. The Kier molecular flexibility index (Phi) is 3.04. The van der Waals surface area contributed by atoms with Crippen LogP contribution in [0.15, 0.2) is 21.2 Å². The highest BCUT2D eigenvalue weighted by atomic mass is 16.4. The number of furan rings is 1. The van der Waals surface area contributed by atoms with E-state index in [-0.39, 0.29) is 18.0 Å². The van der Waals surface area contributed by atoms with E-state index < -0.39 is 0 Å². The molecule has 0 radical (unpaired) electrons. The van der Waals surface area contributed by atoms with Crippen molar-refractivity contribution in [2.45, 2.75) is 25.8 Å². The van der Waals surface area contributed by atoms with Crippen molar-refractivity contribution in [3.8, 4) is 0 Å². The zero-order valence-electron chi connectivity index (χ0n) is 10.5. The fourth-order valence-electron chi connectivity index (χ4n) is 2.11. The third-order valence-electron chi connectivity index (χ3n) is 3.12. The van der Waals surface area contributed by atoms with Crippen LogP contribution in [0.1, 0.15) is 40.9 Å². The van der Waals surface area contributed by atoms with Gasteiger partial charge in [-0.05, 0) is 32.4 Å². The lowest BCUT2D eigenvalue weighted by Gasteiger charge is -2.02. The monoisotopic (exact) mass is 262 g/mol. The fraction of sp³-hybridized carbons (Fsp3) is 0.417. The number of aryl methyl sites for hydroxylation is 1. The van der Waals surface area contributed by atoms with Gasteiger partial charge in [0.25, 0.3) is 5.91 Å². The van der Waals surface area contributed by atoms with Crippen molar-refractivity contribution in [1.29, 1.82) is 0 Å². The Hall–Kier alpha value is -2.15. The van der Waals surface area contributed by atoms with Gasteiger partial charge in [0.2, 0.25) is 5.89 Å². The van der Waals surface area contributed by atoms with Gasteiger partial charge in [0.15, 0.2) is 0 Å². The Labute approximate surface area is 109 Å². The molecule has 1 unspecified atom stereocenters. The molecule has 7 nitrogen and oxygen atoms in total. The first kappa shape index (κ1) is 11.9. The number of aromatic nitrogens is 2. The number of carbonyl (C=O) groups excluding carboxylic acids is 1. The average molecular weight is 262 g/mol. The van der Waals surface area contributed by atoms with Crippen LogP contribution in [0.25, 0.3) is 0 Å². The molecule has 1 saturated heterocycles. The summed E-state index contributed by atoms with van der Waals surface area (Å²) >= 11 is 0. The van der Waals surface area contributed by atoms with Gasteiger partial charge in [-0.15, -0.1) is 5.10 Å². The van der Waals surface area contributed by atoms with E-state index in [0.717, 1.165) is 19.4 Å². The lowest BCUT2D eigenvalue weighted by atomic mass is 10.2. The lowest BCUT2D eigenvalue weighted by Crippen LogP contribution is -2.13. The number of carbonyl (C=O) groups is 1. The molecule has 0 saturated carbocycles. The Morgan fingerprint density at radius 2 is 2.42 bits per heavy atom. The molecule has 1 atom stereocenters. The summed E-state index contributed by atoms with van der Waals surface area (Å²) in [6.45, 7) is 2.67. The molecule has 0 aliphatic carbocycles. The maximum atomic E-state index is 11.9. The highest BCUT2D eigenvalue weighted by Crippen LogP contribution is 2.23. The molecule has 7 heteroatoms. The second-order valence-corrected chi connectivity index (χ2v) is 4.44. The Morgan fingerprint density at radius 3 is 3.11 bits per heavy atom. The van der Waals surface area contributed by atoms with Crippen LogP contribution in [0.2, 0.25) is 0 Å². The van der Waals surface area contributed by atoms with Crippen LogP contribution in [-0.2, 0) is 0 Å². The predicted molar refractivity (Wildman–Crippen MR) is 65.7 cm³/mol. The van der Waals surface area contributed by atoms with Crippen molar-refractivity contribution in [3.63, 3.8) is 0 Å². The van der Waals surface area contributed by atoms with Crippen LogP contribution in [-0.4, -0.2) is 22.6 Å². The Balaban J connectivity index is 1.70. The molecular weight excluding hydrogens is 248 g/mol. The number of hydrogen-bond acceptors (Lipinski definition) is 6. The van der Waals surface area contributed by atoms with Gasteiger partial charge in [0, 0.05) is 0 Å². The average Bonchev–Trinajstić information content (AvgIpc) is 3.07. The van der Waals surface area contributed by atoms with E-state index in [2.05, 4.69) is 20.8 Å². The Morgan fingerprint density at radius 1 is 1.53 bits per heavy atom. The first-order chi connectivity index (χ1) is 9.24. The van der Waals surface area contributed by atoms with Gasteiger partial charge in [-0.2, -0.15) is 0 Å². The number of nitrogens with one attached hydrogen (secondary N) is 2. The molecule has 1 fully saturated rings. The molecule has 1 aliphatic rings. The van der Waals surface area contributed by atoms with Crippen LogP contribution in [0.3, 0.4) is 0 Å². The SMILES string of the molecule is Cc1occc1C(=O)Nc1nnc(C2CCCN2)o1. The van der Waals surface area contributed by atoms with Crippen molar-refractivity contribution < 1.29 is 13.6 Å². The molecular formula is C12H14N4O3. The first-order valence-corrected chi connectivity index (χ1v) is 6.16. The highest BCUT2D eigenvalue weighted by molar-refractivity contribution is 6.03. The first-order valence-electron chi connectivity index (χ1n) is 6.16. The molecule has 19 heavy (non-hydrogen) atoms. The molecule has 2 aromatic heterocycles. The van der Waals surface area contributed by atoms with E-state index in [4.69, 9.17) is 8.83 Å². The third kappa shape index (κ3) is 2.37.